The van der Waals surface area contributed by atoms with E-state index in [4.69, 9.17) is 11.6 Å². The molecule has 0 spiro atoms. The van der Waals surface area contributed by atoms with Crippen LogP contribution in [0.4, 0.5) is 18.9 Å². The molecule has 0 aliphatic heterocycles. The molecule has 2 amide bonds. The molecule has 11 nitrogen and oxygen atoms in total. The summed E-state index contributed by atoms with van der Waals surface area (Å²) in [6.45, 7) is 4.83. The third-order valence-corrected chi connectivity index (χ3v) is 5.77. The van der Waals surface area contributed by atoms with Crippen LogP contribution < -0.4 is 10.6 Å². The fraction of sp³-hybridized carbons (Fsp3) is 0.240. The van der Waals surface area contributed by atoms with Crippen LogP contribution in [-0.2, 0) is 12.7 Å². The van der Waals surface area contributed by atoms with Gasteiger partial charge in [0.05, 0.1) is 39.3 Å². The second-order valence-corrected chi connectivity index (χ2v) is 9.34. The molecule has 0 unspecified atom stereocenters. The van der Waals surface area contributed by atoms with Gasteiger partial charge >= 0.3 is 6.18 Å². The van der Waals surface area contributed by atoms with Gasteiger partial charge in [-0.15, -0.1) is 10.2 Å². The Hall–Kier alpha value is -4.77. The van der Waals surface area contributed by atoms with Crippen LogP contribution in [0.3, 0.4) is 0 Å². The van der Waals surface area contributed by atoms with E-state index in [1.807, 2.05) is 6.07 Å². The number of benzene rings is 2. The Balaban J connectivity index is 1.75. The molecule has 0 saturated heterocycles. The zero-order valence-electron chi connectivity index (χ0n) is 21.3. The molecule has 0 saturated carbocycles. The van der Waals surface area contributed by atoms with Crippen molar-refractivity contribution in [3.63, 3.8) is 0 Å². The normalized spacial score (nSPS) is 11.4. The van der Waals surface area contributed by atoms with Crippen molar-refractivity contribution in [2.24, 2.45) is 0 Å². The molecule has 2 aromatic heterocycles. The lowest BCUT2D eigenvalue weighted by atomic mass is 10.0. The summed E-state index contributed by atoms with van der Waals surface area (Å²) in [5.74, 6) is -2.62. The van der Waals surface area contributed by atoms with Crippen LogP contribution in [0.15, 0.2) is 42.5 Å². The minimum absolute atomic E-state index is 0.0433. The third kappa shape index (κ3) is 6.10. The molecule has 0 atom stereocenters. The van der Waals surface area contributed by atoms with Crippen molar-refractivity contribution in [1.82, 2.24) is 35.3 Å². The number of rotatable bonds is 7. The highest BCUT2D eigenvalue weighted by Gasteiger charge is 2.37. The molecule has 0 fully saturated rings. The van der Waals surface area contributed by atoms with Crippen LogP contribution in [0.2, 0.25) is 5.02 Å². The van der Waals surface area contributed by atoms with Gasteiger partial charge in [-0.1, -0.05) is 23.7 Å². The van der Waals surface area contributed by atoms with Gasteiger partial charge in [-0.25, -0.2) is 4.68 Å². The number of nitriles is 1. The number of aryl methyl sites for hydroxylation is 1. The monoisotopic (exact) mass is 571 g/mol. The van der Waals surface area contributed by atoms with E-state index in [-0.39, 0.29) is 45.8 Å². The minimum Gasteiger partial charge on any atom is -0.350 e. The highest BCUT2D eigenvalue weighted by Crippen LogP contribution is 2.27. The number of alkyl halides is 3. The van der Waals surface area contributed by atoms with Gasteiger partial charge < -0.3 is 10.6 Å². The van der Waals surface area contributed by atoms with Crippen LogP contribution in [0.1, 0.15) is 57.3 Å². The summed E-state index contributed by atoms with van der Waals surface area (Å²) in [6.07, 6.45) is -4.78. The van der Waals surface area contributed by atoms with E-state index < -0.39 is 23.8 Å². The fourth-order valence-electron chi connectivity index (χ4n) is 3.76. The third-order valence-electron chi connectivity index (χ3n) is 5.45. The van der Waals surface area contributed by atoms with E-state index in [0.29, 0.717) is 16.0 Å². The van der Waals surface area contributed by atoms with Gasteiger partial charge in [-0.2, -0.15) is 28.3 Å². The Bertz CT molecular complexity index is 1640. The molecule has 2 aromatic carbocycles. The van der Waals surface area contributed by atoms with Gasteiger partial charge in [0.1, 0.15) is 12.2 Å². The first-order chi connectivity index (χ1) is 18.9. The molecule has 40 heavy (non-hydrogen) atoms. The maximum absolute atomic E-state index is 13.6. The first-order valence-electron chi connectivity index (χ1n) is 11.7. The van der Waals surface area contributed by atoms with Crippen molar-refractivity contribution in [2.45, 2.75) is 39.5 Å². The van der Waals surface area contributed by atoms with E-state index in [0.717, 1.165) is 0 Å². The highest BCUT2D eigenvalue weighted by molar-refractivity contribution is 6.32. The second-order valence-electron chi connectivity index (χ2n) is 8.94. The van der Waals surface area contributed by atoms with E-state index in [1.54, 1.807) is 45.0 Å². The van der Waals surface area contributed by atoms with Gasteiger partial charge in [0.15, 0.2) is 0 Å². The van der Waals surface area contributed by atoms with Crippen molar-refractivity contribution < 1.29 is 22.8 Å². The average molecular weight is 572 g/mol. The predicted octanol–water partition coefficient (Wildman–Crippen LogP) is 4.15. The number of nitrogens with zero attached hydrogens (tertiary/aromatic N) is 7. The summed E-state index contributed by atoms with van der Waals surface area (Å²) in [7, 11) is 0. The SMILES string of the molecule is Cc1cc(C#N)cc(C(=O)NC(C)C)c1NC(=O)c1cc(Cn2nnc(C(F)(F)F)n2)nn1-c1ccccc1Cl. The van der Waals surface area contributed by atoms with E-state index >= 15 is 0 Å². The molecule has 2 N–H and O–H groups in total. The van der Waals surface area contributed by atoms with Crippen LogP contribution in [-0.4, -0.2) is 47.8 Å². The molecule has 0 bridgehead atoms. The van der Waals surface area contributed by atoms with Crippen molar-refractivity contribution in [3.05, 3.63) is 81.4 Å². The number of aromatic nitrogens is 6. The van der Waals surface area contributed by atoms with E-state index in [9.17, 15) is 28.0 Å². The Morgan fingerprint density at radius 2 is 1.85 bits per heavy atom. The molecule has 0 aliphatic carbocycles. The Kier molecular flexibility index (Phi) is 7.87. The number of anilines is 1. The smallest absolute Gasteiger partial charge is 0.350 e. The highest BCUT2D eigenvalue weighted by atomic mass is 35.5. The number of hydrogen-bond donors (Lipinski definition) is 2. The molecular weight excluding hydrogens is 551 g/mol. The fourth-order valence-corrected chi connectivity index (χ4v) is 3.97. The zero-order chi connectivity index (χ0) is 29.2. The second kappa shape index (κ2) is 11.1. The number of halogens is 4. The van der Waals surface area contributed by atoms with Crippen LogP contribution in [0.25, 0.3) is 5.69 Å². The van der Waals surface area contributed by atoms with Crippen LogP contribution in [0.5, 0.6) is 0 Å². The van der Waals surface area contributed by atoms with Crippen molar-refractivity contribution in [1.29, 1.82) is 5.26 Å². The van der Waals surface area contributed by atoms with Gasteiger partial charge in [0.25, 0.3) is 17.6 Å². The van der Waals surface area contributed by atoms with Crippen molar-refractivity contribution in [2.75, 3.05) is 5.32 Å². The number of tetrazole rings is 1. The summed E-state index contributed by atoms with van der Waals surface area (Å²) in [5, 5.41) is 29.2. The summed E-state index contributed by atoms with van der Waals surface area (Å²) < 4.78 is 40.0. The Labute approximate surface area is 230 Å². The van der Waals surface area contributed by atoms with Crippen LogP contribution >= 0.6 is 11.6 Å². The molecule has 15 heteroatoms. The number of nitrogens with one attached hydrogen (secondary N) is 2. The molecular formula is C25H21ClF3N9O2. The van der Waals surface area contributed by atoms with Crippen molar-refractivity contribution in [3.8, 4) is 11.8 Å². The standard InChI is InChI=1S/C25H21ClF3N9O2/c1-13(2)31-22(39)17-9-15(11-30)8-14(3)21(17)32-23(40)20-10-16(12-37-35-24(33-36-37)25(27,28)29)34-38(20)19-7-5-4-6-18(19)26/h4-10,13H,12H2,1-3H3,(H,31,39)(H,32,40). The first-order valence-corrected chi connectivity index (χ1v) is 12.1. The molecule has 0 aliphatic rings. The topological polar surface area (TPSA) is 143 Å². The molecule has 0 radical (unpaired) electrons. The number of hydrogen-bond acceptors (Lipinski definition) is 7. The molecule has 4 aromatic rings. The Morgan fingerprint density at radius 1 is 1.12 bits per heavy atom. The van der Waals surface area contributed by atoms with E-state index in [2.05, 4.69) is 31.1 Å². The van der Waals surface area contributed by atoms with Gasteiger partial charge in [0, 0.05) is 6.04 Å². The van der Waals surface area contributed by atoms with Gasteiger partial charge in [-0.3, -0.25) is 9.59 Å². The summed E-state index contributed by atoms with van der Waals surface area (Å²) in [4.78, 5) is 27.2. The predicted molar refractivity (Wildman–Crippen MR) is 137 cm³/mol. The number of carbonyl (C=O) groups is 2. The average Bonchev–Trinajstić information content (AvgIpc) is 3.52. The van der Waals surface area contributed by atoms with Crippen molar-refractivity contribution >= 4 is 29.1 Å². The van der Waals surface area contributed by atoms with Crippen LogP contribution in [0, 0.1) is 18.3 Å². The molecule has 2 heterocycles. The summed E-state index contributed by atoms with van der Waals surface area (Å²) in [5.41, 5.74) is 1.34. The quantitative estimate of drug-likeness (QED) is 0.339. The maximum Gasteiger partial charge on any atom is 0.455 e. The Morgan fingerprint density at radius 3 is 2.48 bits per heavy atom. The molecule has 4 rings (SSSR count). The lowest BCUT2D eigenvalue weighted by molar-refractivity contribution is -0.145. The minimum atomic E-state index is -4.78. The number of carbonyl (C=O) groups excluding carboxylic acids is 2. The first kappa shape index (κ1) is 28.2. The summed E-state index contributed by atoms with van der Waals surface area (Å²) >= 11 is 6.35. The molecule has 206 valence electrons. The lowest BCUT2D eigenvalue weighted by Gasteiger charge is -2.16. The van der Waals surface area contributed by atoms with E-state index in [1.165, 1.54) is 22.9 Å². The zero-order valence-corrected chi connectivity index (χ0v) is 22.0. The largest absolute Gasteiger partial charge is 0.455 e. The van der Waals surface area contributed by atoms with Gasteiger partial charge in [-0.05, 0) is 61.9 Å². The lowest BCUT2D eigenvalue weighted by Crippen LogP contribution is -2.31. The summed E-state index contributed by atoms with van der Waals surface area (Å²) in [6, 6.07) is 12.5. The maximum atomic E-state index is 13.6. The number of para-hydroxylation sites is 1. The van der Waals surface area contributed by atoms with Gasteiger partial charge in [0.2, 0.25) is 0 Å². The number of amides is 2.